The van der Waals surface area contributed by atoms with E-state index in [1.54, 1.807) is 11.6 Å². The van der Waals surface area contributed by atoms with Gasteiger partial charge in [-0.1, -0.05) is 30.3 Å². The van der Waals surface area contributed by atoms with E-state index in [4.69, 9.17) is 9.40 Å². The second kappa shape index (κ2) is 7.34. The molecule has 30 heavy (non-hydrogen) atoms. The maximum atomic E-state index is 12.8. The number of para-hydroxylation sites is 3. The van der Waals surface area contributed by atoms with Crippen LogP contribution in [0.3, 0.4) is 0 Å². The van der Waals surface area contributed by atoms with Crippen LogP contribution in [0.1, 0.15) is 36.6 Å². The van der Waals surface area contributed by atoms with Gasteiger partial charge in [-0.05, 0) is 37.5 Å². The Labute approximate surface area is 174 Å². The highest BCUT2D eigenvalue weighted by Crippen LogP contribution is 2.34. The molecule has 0 N–H and O–H groups in total. The minimum absolute atomic E-state index is 0.219. The Balaban J connectivity index is 1.52. The van der Waals surface area contributed by atoms with E-state index >= 15 is 0 Å². The summed E-state index contributed by atoms with van der Waals surface area (Å²) in [5, 5.41) is 10.7. The summed E-state index contributed by atoms with van der Waals surface area (Å²) in [7, 11) is 1.72. The van der Waals surface area contributed by atoms with Gasteiger partial charge in [0.15, 0.2) is 11.5 Å². The van der Waals surface area contributed by atoms with Gasteiger partial charge in [0.1, 0.15) is 17.1 Å². The number of fused-ring (bicyclic) bond motifs is 2. The van der Waals surface area contributed by atoms with Crippen molar-refractivity contribution in [2.24, 2.45) is 7.05 Å². The van der Waals surface area contributed by atoms with Gasteiger partial charge in [-0.15, -0.1) is 0 Å². The molecular weight excluding hydrogens is 376 g/mol. The van der Waals surface area contributed by atoms with Crippen molar-refractivity contribution in [3.63, 3.8) is 0 Å². The van der Waals surface area contributed by atoms with Crippen molar-refractivity contribution in [1.29, 1.82) is 5.26 Å². The smallest absolute Gasteiger partial charge is 0.270 e. The van der Waals surface area contributed by atoms with Crippen LogP contribution < -0.4 is 10.5 Å². The van der Waals surface area contributed by atoms with Crippen LogP contribution >= 0.6 is 0 Å². The van der Waals surface area contributed by atoms with Crippen molar-refractivity contribution < 1.29 is 4.42 Å². The molecule has 1 aliphatic heterocycles. The lowest BCUT2D eigenvalue weighted by molar-refractivity contribution is 0.445. The van der Waals surface area contributed by atoms with E-state index in [0.717, 1.165) is 65.9 Å². The van der Waals surface area contributed by atoms with Crippen LogP contribution in [0.2, 0.25) is 0 Å². The highest BCUT2D eigenvalue weighted by molar-refractivity contribution is 5.94. The zero-order chi connectivity index (χ0) is 20.7. The number of pyridine rings is 1. The van der Waals surface area contributed by atoms with E-state index in [2.05, 4.69) is 11.0 Å². The van der Waals surface area contributed by atoms with Crippen molar-refractivity contribution in [3.05, 3.63) is 70.3 Å². The number of rotatable bonds is 2. The molecule has 0 saturated carbocycles. The number of aromatic nitrogens is 2. The van der Waals surface area contributed by atoms with Gasteiger partial charge in [0, 0.05) is 31.4 Å². The number of aryl methyl sites for hydroxylation is 1. The fraction of sp³-hybridized carbons (Fsp3) is 0.292. The summed E-state index contributed by atoms with van der Waals surface area (Å²) in [4.78, 5) is 19.7. The summed E-state index contributed by atoms with van der Waals surface area (Å²) in [6.07, 6.45) is 2.77. The van der Waals surface area contributed by atoms with E-state index in [1.807, 2.05) is 48.5 Å². The van der Waals surface area contributed by atoms with Crippen LogP contribution in [-0.4, -0.2) is 22.6 Å². The zero-order valence-corrected chi connectivity index (χ0v) is 16.8. The molecule has 3 heterocycles. The first-order valence-electron chi connectivity index (χ1n) is 10.3. The molecular formula is C24H22N4O2. The quantitative estimate of drug-likeness (QED) is 0.502. The van der Waals surface area contributed by atoms with Crippen LogP contribution in [0, 0.1) is 11.3 Å². The number of oxazole rings is 1. The van der Waals surface area contributed by atoms with E-state index in [0.29, 0.717) is 0 Å². The number of nitrogens with zero attached hydrogens (tertiary/aromatic N) is 4. The second-order valence-electron chi connectivity index (χ2n) is 7.85. The molecule has 5 rings (SSSR count). The average Bonchev–Trinajstić information content (AvgIpc) is 3.06. The van der Waals surface area contributed by atoms with Crippen molar-refractivity contribution in [1.82, 2.24) is 9.55 Å². The summed E-state index contributed by atoms with van der Waals surface area (Å²) in [5.41, 5.74) is 3.28. The standard InChI is InChI=1S/C24H22N4O2/c1-27-20-10-4-2-8-17(20)22(18(15-25)24(27)29)28-13-6-7-16(12-14-28)23-26-19-9-3-5-11-21(19)30-23/h2-5,8-11,16H,6-7,12-14H2,1H3. The predicted octanol–water partition coefficient (Wildman–Crippen LogP) is 4.33. The predicted molar refractivity (Wildman–Crippen MR) is 117 cm³/mol. The van der Waals surface area contributed by atoms with Crippen LogP contribution in [0.5, 0.6) is 0 Å². The van der Waals surface area contributed by atoms with Crippen molar-refractivity contribution in [2.75, 3.05) is 18.0 Å². The fourth-order valence-electron chi connectivity index (χ4n) is 4.54. The first-order chi connectivity index (χ1) is 14.7. The third kappa shape index (κ3) is 2.94. The van der Waals surface area contributed by atoms with E-state index in [9.17, 15) is 10.1 Å². The van der Waals surface area contributed by atoms with Gasteiger partial charge >= 0.3 is 0 Å². The number of anilines is 1. The first kappa shape index (κ1) is 18.4. The van der Waals surface area contributed by atoms with Gasteiger partial charge in [0.2, 0.25) is 0 Å². The molecule has 6 heteroatoms. The summed E-state index contributed by atoms with van der Waals surface area (Å²) in [6.45, 7) is 1.54. The van der Waals surface area contributed by atoms with Crippen LogP contribution in [0.4, 0.5) is 5.69 Å². The first-order valence-corrected chi connectivity index (χ1v) is 10.3. The zero-order valence-electron chi connectivity index (χ0n) is 16.8. The Morgan fingerprint density at radius 2 is 1.90 bits per heavy atom. The number of hydrogen-bond acceptors (Lipinski definition) is 5. The number of hydrogen-bond donors (Lipinski definition) is 0. The molecule has 6 nitrogen and oxygen atoms in total. The van der Waals surface area contributed by atoms with Crippen molar-refractivity contribution >= 4 is 27.7 Å². The van der Waals surface area contributed by atoms with E-state index in [1.165, 1.54) is 0 Å². The van der Waals surface area contributed by atoms with Crippen LogP contribution in [-0.2, 0) is 7.05 Å². The molecule has 1 saturated heterocycles. The maximum absolute atomic E-state index is 12.8. The number of nitriles is 1. The molecule has 2 aromatic heterocycles. The normalized spacial score (nSPS) is 17.2. The molecule has 150 valence electrons. The van der Waals surface area contributed by atoms with Crippen molar-refractivity contribution in [3.8, 4) is 6.07 Å². The minimum Gasteiger partial charge on any atom is -0.440 e. The summed E-state index contributed by atoms with van der Waals surface area (Å²) in [6, 6.07) is 17.8. The average molecular weight is 398 g/mol. The van der Waals surface area contributed by atoms with Crippen molar-refractivity contribution in [2.45, 2.75) is 25.2 Å². The Kier molecular flexibility index (Phi) is 4.51. The Hall–Kier alpha value is -3.59. The van der Waals surface area contributed by atoms with Crippen LogP contribution in [0.15, 0.2) is 57.7 Å². The Bertz CT molecular complexity index is 1310. The lowest BCUT2D eigenvalue weighted by Gasteiger charge is -2.26. The molecule has 1 fully saturated rings. The Morgan fingerprint density at radius 1 is 1.10 bits per heavy atom. The molecule has 0 radical (unpaired) electrons. The fourth-order valence-corrected chi connectivity index (χ4v) is 4.54. The third-order valence-electron chi connectivity index (χ3n) is 6.09. The molecule has 0 spiro atoms. The third-order valence-corrected chi connectivity index (χ3v) is 6.09. The van der Waals surface area contributed by atoms with Gasteiger partial charge in [0.25, 0.3) is 5.56 Å². The SMILES string of the molecule is Cn1c(=O)c(C#N)c(N2CCCC(c3nc4ccccc4o3)CC2)c2ccccc21. The van der Waals surface area contributed by atoms with E-state index < -0.39 is 0 Å². The molecule has 2 aromatic carbocycles. The van der Waals surface area contributed by atoms with Crippen LogP contribution in [0.25, 0.3) is 22.0 Å². The van der Waals surface area contributed by atoms with Gasteiger partial charge in [-0.2, -0.15) is 5.26 Å². The van der Waals surface area contributed by atoms with Gasteiger partial charge in [0.05, 0.1) is 11.2 Å². The summed E-state index contributed by atoms with van der Waals surface area (Å²) < 4.78 is 7.58. The highest BCUT2D eigenvalue weighted by Gasteiger charge is 2.26. The molecule has 1 atom stereocenters. The van der Waals surface area contributed by atoms with Gasteiger partial charge in [-0.3, -0.25) is 4.79 Å². The lowest BCUT2D eigenvalue weighted by atomic mass is 10.0. The Morgan fingerprint density at radius 3 is 2.73 bits per heavy atom. The topological polar surface area (TPSA) is 75.1 Å². The molecule has 1 unspecified atom stereocenters. The molecule has 0 amide bonds. The molecule has 0 bridgehead atoms. The molecule has 1 aliphatic rings. The monoisotopic (exact) mass is 398 g/mol. The lowest BCUT2D eigenvalue weighted by Crippen LogP contribution is -2.30. The molecule has 4 aromatic rings. The summed E-state index contributed by atoms with van der Waals surface area (Å²) >= 11 is 0. The largest absolute Gasteiger partial charge is 0.440 e. The second-order valence-corrected chi connectivity index (χ2v) is 7.85. The van der Waals surface area contributed by atoms with Gasteiger partial charge in [-0.25, -0.2) is 4.98 Å². The maximum Gasteiger partial charge on any atom is 0.270 e. The highest BCUT2D eigenvalue weighted by atomic mass is 16.3. The summed E-state index contributed by atoms with van der Waals surface area (Å²) in [5.74, 6) is 1.01. The minimum atomic E-state index is -0.244. The number of benzene rings is 2. The van der Waals surface area contributed by atoms with E-state index in [-0.39, 0.29) is 17.0 Å². The van der Waals surface area contributed by atoms with Gasteiger partial charge < -0.3 is 13.9 Å². The molecule has 0 aliphatic carbocycles.